The summed E-state index contributed by atoms with van der Waals surface area (Å²) in [6, 6.07) is 5.85. The fourth-order valence-corrected chi connectivity index (χ4v) is 3.82. The Morgan fingerprint density at radius 3 is 2.52 bits per heavy atom. The molecule has 0 radical (unpaired) electrons. The molecule has 0 saturated carbocycles. The van der Waals surface area contributed by atoms with Crippen molar-refractivity contribution in [3.8, 4) is 11.5 Å². The van der Waals surface area contributed by atoms with Gasteiger partial charge in [-0.15, -0.1) is 0 Å². The quantitative estimate of drug-likeness (QED) is 0.855. The van der Waals surface area contributed by atoms with Crippen molar-refractivity contribution in [1.29, 1.82) is 0 Å². The number of hydrogen-bond acceptors (Lipinski definition) is 5. The Morgan fingerprint density at radius 1 is 1.26 bits per heavy atom. The van der Waals surface area contributed by atoms with Crippen LogP contribution in [0, 0.1) is 5.82 Å². The highest BCUT2D eigenvalue weighted by Crippen LogP contribution is 2.29. The number of halogens is 1. The molecule has 124 valence electrons. The third kappa shape index (κ3) is 3.42. The fourth-order valence-electron chi connectivity index (χ4n) is 2.69. The molecule has 0 unspecified atom stereocenters. The Hall–Kier alpha value is -1.80. The number of nitrogens with zero attached hydrogens (tertiary/aromatic N) is 3. The molecule has 8 heteroatoms. The molecule has 1 aliphatic rings. The van der Waals surface area contributed by atoms with Crippen LogP contribution >= 0.6 is 0 Å². The van der Waals surface area contributed by atoms with E-state index in [2.05, 4.69) is 10.1 Å². The summed E-state index contributed by atoms with van der Waals surface area (Å²) in [4.78, 5) is 4.37. The number of benzene rings is 1. The zero-order valence-electron chi connectivity index (χ0n) is 12.8. The molecule has 0 aliphatic carbocycles. The maximum atomic E-state index is 12.9. The van der Waals surface area contributed by atoms with Crippen molar-refractivity contribution in [1.82, 2.24) is 14.4 Å². The van der Waals surface area contributed by atoms with Crippen LogP contribution in [0.3, 0.4) is 0 Å². The van der Waals surface area contributed by atoms with Crippen LogP contribution in [0.2, 0.25) is 0 Å². The second-order valence-corrected chi connectivity index (χ2v) is 7.80. The van der Waals surface area contributed by atoms with Gasteiger partial charge in [-0.1, -0.05) is 5.16 Å². The molecule has 1 fully saturated rings. The molecule has 2 heterocycles. The molecule has 3 rings (SSSR count). The SMILES string of the molecule is CCS(=O)(=O)N1CCC(c2noc(-c3ccc(F)cc3)n2)CC1. The van der Waals surface area contributed by atoms with Crippen molar-refractivity contribution in [2.24, 2.45) is 0 Å². The van der Waals surface area contributed by atoms with E-state index < -0.39 is 10.0 Å². The van der Waals surface area contributed by atoms with E-state index in [4.69, 9.17) is 4.52 Å². The molecule has 1 aromatic heterocycles. The van der Waals surface area contributed by atoms with E-state index in [1.807, 2.05) is 0 Å². The van der Waals surface area contributed by atoms with Crippen LogP contribution in [0.15, 0.2) is 28.8 Å². The van der Waals surface area contributed by atoms with Crippen molar-refractivity contribution >= 4 is 10.0 Å². The molecule has 0 N–H and O–H groups in total. The van der Waals surface area contributed by atoms with Gasteiger partial charge in [0.15, 0.2) is 5.82 Å². The van der Waals surface area contributed by atoms with Gasteiger partial charge in [-0.05, 0) is 44.0 Å². The van der Waals surface area contributed by atoms with Gasteiger partial charge in [0.05, 0.1) is 5.75 Å². The normalized spacial score (nSPS) is 17.5. The van der Waals surface area contributed by atoms with Crippen LogP contribution in [0.1, 0.15) is 31.5 Å². The second kappa shape index (κ2) is 6.37. The van der Waals surface area contributed by atoms with Crippen molar-refractivity contribution in [2.45, 2.75) is 25.7 Å². The summed E-state index contributed by atoms with van der Waals surface area (Å²) in [6.45, 7) is 2.60. The third-order valence-corrected chi connectivity index (χ3v) is 5.99. The largest absolute Gasteiger partial charge is 0.334 e. The minimum atomic E-state index is -3.14. The van der Waals surface area contributed by atoms with Crippen LogP contribution in [-0.2, 0) is 10.0 Å². The second-order valence-electron chi connectivity index (χ2n) is 5.54. The lowest BCUT2D eigenvalue weighted by molar-refractivity contribution is 0.307. The number of sulfonamides is 1. The first-order valence-corrected chi connectivity index (χ1v) is 9.18. The topological polar surface area (TPSA) is 76.3 Å². The molecule has 0 spiro atoms. The molecule has 0 atom stereocenters. The van der Waals surface area contributed by atoms with Gasteiger partial charge in [0.2, 0.25) is 10.0 Å². The number of piperidine rings is 1. The highest BCUT2D eigenvalue weighted by atomic mass is 32.2. The molecule has 23 heavy (non-hydrogen) atoms. The van der Waals surface area contributed by atoms with E-state index in [1.54, 1.807) is 19.1 Å². The summed E-state index contributed by atoms with van der Waals surface area (Å²) >= 11 is 0. The number of rotatable bonds is 4. The maximum Gasteiger partial charge on any atom is 0.257 e. The highest BCUT2D eigenvalue weighted by Gasteiger charge is 2.29. The molecule has 0 bridgehead atoms. The van der Waals surface area contributed by atoms with Gasteiger partial charge in [-0.25, -0.2) is 17.1 Å². The van der Waals surface area contributed by atoms with Crippen molar-refractivity contribution < 1.29 is 17.3 Å². The average Bonchev–Trinajstić information content (AvgIpc) is 3.05. The van der Waals surface area contributed by atoms with Crippen LogP contribution in [0.5, 0.6) is 0 Å². The number of aromatic nitrogens is 2. The summed E-state index contributed by atoms with van der Waals surface area (Å²) in [7, 11) is -3.14. The van der Waals surface area contributed by atoms with Gasteiger partial charge in [-0.2, -0.15) is 4.98 Å². The van der Waals surface area contributed by atoms with E-state index in [-0.39, 0.29) is 17.5 Å². The van der Waals surface area contributed by atoms with E-state index >= 15 is 0 Å². The first-order valence-electron chi connectivity index (χ1n) is 7.57. The Labute approximate surface area is 134 Å². The Bertz CT molecular complexity index is 766. The van der Waals surface area contributed by atoms with Gasteiger partial charge in [0.25, 0.3) is 5.89 Å². The first-order chi connectivity index (χ1) is 11.0. The molecule has 1 aromatic carbocycles. The first kappa shape index (κ1) is 16.1. The van der Waals surface area contributed by atoms with Crippen molar-refractivity contribution in [3.05, 3.63) is 35.9 Å². The lowest BCUT2D eigenvalue weighted by Gasteiger charge is -2.29. The maximum absolute atomic E-state index is 12.9. The van der Waals surface area contributed by atoms with Crippen molar-refractivity contribution in [3.63, 3.8) is 0 Å². The van der Waals surface area contributed by atoms with Crippen LogP contribution < -0.4 is 0 Å². The summed E-state index contributed by atoms with van der Waals surface area (Å²) in [5, 5.41) is 4.00. The highest BCUT2D eigenvalue weighted by molar-refractivity contribution is 7.89. The molecule has 1 aliphatic heterocycles. The van der Waals surface area contributed by atoms with E-state index in [9.17, 15) is 12.8 Å². The Balaban J connectivity index is 1.69. The zero-order chi connectivity index (χ0) is 16.4. The van der Waals surface area contributed by atoms with Gasteiger partial charge < -0.3 is 4.52 Å². The predicted octanol–water partition coefficient (Wildman–Crippen LogP) is 2.40. The molecular formula is C15H18FN3O3S. The molecular weight excluding hydrogens is 321 g/mol. The smallest absolute Gasteiger partial charge is 0.257 e. The third-order valence-electron chi connectivity index (χ3n) is 4.11. The summed E-state index contributed by atoms with van der Waals surface area (Å²) < 4.78 is 43.4. The summed E-state index contributed by atoms with van der Waals surface area (Å²) in [6.07, 6.45) is 1.34. The van der Waals surface area contributed by atoms with E-state index in [1.165, 1.54) is 16.4 Å². The summed E-state index contributed by atoms with van der Waals surface area (Å²) in [5.41, 5.74) is 0.663. The average molecular weight is 339 g/mol. The van der Waals surface area contributed by atoms with E-state index in [0.29, 0.717) is 43.2 Å². The van der Waals surface area contributed by atoms with Crippen LogP contribution in [-0.4, -0.2) is 41.7 Å². The minimum Gasteiger partial charge on any atom is -0.334 e. The molecule has 1 saturated heterocycles. The molecule has 0 amide bonds. The van der Waals surface area contributed by atoms with Gasteiger partial charge in [0, 0.05) is 24.6 Å². The predicted molar refractivity (Wildman–Crippen MR) is 82.7 cm³/mol. The molecule has 6 nitrogen and oxygen atoms in total. The monoisotopic (exact) mass is 339 g/mol. The van der Waals surface area contributed by atoms with Gasteiger partial charge in [-0.3, -0.25) is 0 Å². The number of hydrogen-bond donors (Lipinski definition) is 0. The lowest BCUT2D eigenvalue weighted by atomic mass is 9.97. The Kier molecular flexibility index (Phi) is 4.45. The Morgan fingerprint density at radius 2 is 1.91 bits per heavy atom. The van der Waals surface area contributed by atoms with Crippen LogP contribution in [0.25, 0.3) is 11.5 Å². The van der Waals surface area contributed by atoms with Gasteiger partial charge in [0.1, 0.15) is 5.82 Å². The van der Waals surface area contributed by atoms with Crippen molar-refractivity contribution in [2.75, 3.05) is 18.8 Å². The minimum absolute atomic E-state index is 0.0799. The lowest BCUT2D eigenvalue weighted by Crippen LogP contribution is -2.38. The zero-order valence-corrected chi connectivity index (χ0v) is 13.6. The fraction of sp³-hybridized carbons (Fsp3) is 0.467. The van der Waals surface area contributed by atoms with Gasteiger partial charge >= 0.3 is 0 Å². The van der Waals surface area contributed by atoms with Crippen LogP contribution in [0.4, 0.5) is 4.39 Å². The van der Waals surface area contributed by atoms with E-state index in [0.717, 1.165) is 0 Å². The molecule has 2 aromatic rings. The summed E-state index contributed by atoms with van der Waals surface area (Å²) in [5.74, 6) is 0.810. The standard InChI is InChI=1S/C15H18FN3O3S/c1-2-23(20,21)19-9-7-11(8-10-19)14-17-15(22-18-14)12-3-5-13(16)6-4-12/h3-6,11H,2,7-10H2,1H3.